The number of hydrogen-bond acceptors (Lipinski definition) is 4. The highest BCUT2D eigenvalue weighted by Crippen LogP contribution is 2.21. The van der Waals surface area contributed by atoms with Gasteiger partial charge in [0.1, 0.15) is 0 Å². The molecule has 0 spiro atoms. The Balaban J connectivity index is 2.18. The standard InChI is InChI=1S/C13H17ClN2O2S/c1-2-18-11-5-4-10(14)12(15-11)13(17)16-6-3-8-19-9-7-16/h4-5H,2-3,6-9H2,1H3. The first kappa shape index (κ1) is 14.5. The van der Waals surface area contributed by atoms with Gasteiger partial charge in [-0.05, 0) is 25.2 Å². The molecule has 19 heavy (non-hydrogen) atoms. The summed E-state index contributed by atoms with van der Waals surface area (Å²) >= 11 is 7.96. The Morgan fingerprint density at radius 1 is 1.47 bits per heavy atom. The zero-order valence-electron chi connectivity index (χ0n) is 10.9. The van der Waals surface area contributed by atoms with Gasteiger partial charge in [0.25, 0.3) is 5.91 Å². The van der Waals surface area contributed by atoms with Gasteiger partial charge in [0.15, 0.2) is 5.69 Å². The first-order valence-corrected chi connectivity index (χ1v) is 7.92. The lowest BCUT2D eigenvalue weighted by Crippen LogP contribution is -2.33. The van der Waals surface area contributed by atoms with Crippen LogP contribution in [0.2, 0.25) is 5.02 Å². The highest BCUT2D eigenvalue weighted by Gasteiger charge is 2.21. The molecule has 0 bridgehead atoms. The van der Waals surface area contributed by atoms with Crippen molar-refractivity contribution in [3.63, 3.8) is 0 Å². The normalized spacial score (nSPS) is 16.0. The Hall–Kier alpha value is -0.940. The van der Waals surface area contributed by atoms with Gasteiger partial charge in [-0.15, -0.1) is 0 Å². The Morgan fingerprint density at radius 3 is 3.11 bits per heavy atom. The largest absolute Gasteiger partial charge is 0.478 e. The van der Waals surface area contributed by atoms with Crippen LogP contribution in [0.1, 0.15) is 23.8 Å². The average molecular weight is 301 g/mol. The quantitative estimate of drug-likeness (QED) is 0.861. The van der Waals surface area contributed by atoms with Crippen LogP contribution in [0.3, 0.4) is 0 Å². The van der Waals surface area contributed by atoms with Crippen molar-refractivity contribution in [3.8, 4) is 5.88 Å². The molecule has 1 saturated heterocycles. The maximum atomic E-state index is 12.4. The number of nitrogens with zero attached hydrogens (tertiary/aromatic N) is 2. The van der Waals surface area contributed by atoms with E-state index in [0.717, 1.165) is 31.0 Å². The number of carbonyl (C=O) groups excluding carboxylic acids is 1. The van der Waals surface area contributed by atoms with Crippen molar-refractivity contribution >= 4 is 29.3 Å². The fourth-order valence-corrected chi connectivity index (χ4v) is 2.97. The molecule has 0 radical (unpaired) electrons. The van der Waals surface area contributed by atoms with E-state index >= 15 is 0 Å². The van der Waals surface area contributed by atoms with Crippen LogP contribution in [0.5, 0.6) is 5.88 Å². The number of pyridine rings is 1. The van der Waals surface area contributed by atoms with Crippen LogP contribution in [0.15, 0.2) is 12.1 Å². The number of amides is 1. The van der Waals surface area contributed by atoms with Crippen molar-refractivity contribution < 1.29 is 9.53 Å². The molecule has 104 valence electrons. The van der Waals surface area contributed by atoms with E-state index in [4.69, 9.17) is 16.3 Å². The fraction of sp³-hybridized carbons (Fsp3) is 0.538. The number of thioether (sulfide) groups is 1. The Kier molecular flexibility index (Phi) is 5.34. The number of ether oxygens (including phenoxy) is 1. The van der Waals surface area contributed by atoms with Crippen molar-refractivity contribution in [2.45, 2.75) is 13.3 Å². The smallest absolute Gasteiger partial charge is 0.274 e. The van der Waals surface area contributed by atoms with Gasteiger partial charge < -0.3 is 9.64 Å². The van der Waals surface area contributed by atoms with Crippen LogP contribution in [-0.2, 0) is 0 Å². The molecule has 1 aromatic rings. The van der Waals surface area contributed by atoms with Crippen LogP contribution in [0, 0.1) is 0 Å². The third kappa shape index (κ3) is 3.76. The molecule has 1 aliphatic heterocycles. The van der Waals surface area contributed by atoms with E-state index in [2.05, 4.69) is 4.98 Å². The predicted molar refractivity (Wildman–Crippen MR) is 78.3 cm³/mol. The molecule has 0 atom stereocenters. The lowest BCUT2D eigenvalue weighted by molar-refractivity contribution is 0.0761. The average Bonchev–Trinajstić information content (AvgIpc) is 2.69. The molecule has 0 unspecified atom stereocenters. The van der Waals surface area contributed by atoms with Gasteiger partial charge in [-0.1, -0.05) is 11.6 Å². The second kappa shape index (κ2) is 7.01. The SMILES string of the molecule is CCOc1ccc(Cl)c(C(=O)N2CCCSCC2)n1. The number of carbonyl (C=O) groups is 1. The van der Waals surface area contributed by atoms with Crippen molar-refractivity contribution in [1.29, 1.82) is 0 Å². The molecular formula is C13H17ClN2O2S. The van der Waals surface area contributed by atoms with Gasteiger partial charge in [-0.3, -0.25) is 4.79 Å². The molecule has 0 aromatic carbocycles. The van der Waals surface area contributed by atoms with Crippen LogP contribution in [0.25, 0.3) is 0 Å². The molecule has 1 aliphatic rings. The van der Waals surface area contributed by atoms with Crippen molar-refractivity contribution in [3.05, 3.63) is 22.8 Å². The Labute approximate surface area is 122 Å². The summed E-state index contributed by atoms with van der Waals surface area (Å²) in [6.45, 7) is 3.91. The third-order valence-corrected chi connectivity index (χ3v) is 4.18. The van der Waals surface area contributed by atoms with E-state index in [-0.39, 0.29) is 5.91 Å². The molecule has 4 nitrogen and oxygen atoms in total. The number of hydrogen-bond donors (Lipinski definition) is 0. The minimum absolute atomic E-state index is 0.103. The van der Waals surface area contributed by atoms with Crippen LogP contribution in [0.4, 0.5) is 0 Å². The first-order chi connectivity index (χ1) is 9.22. The zero-order valence-corrected chi connectivity index (χ0v) is 12.5. The Bertz CT molecular complexity index is 448. The van der Waals surface area contributed by atoms with Crippen molar-refractivity contribution in [2.75, 3.05) is 31.2 Å². The van der Waals surface area contributed by atoms with Gasteiger partial charge in [0.05, 0.1) is 11.6 Å². The van der Waals surface area contributed by atoms with E-state index in [1.54, 1.807) is 12.1 Å². The molecule has 0 N–H and O–H groups in total. The predicted octanol–water partition coefficient (Wildman–Crippen LogP) is 2.71. The third-order valence-electron chi connectivity index (χ3n) is 2.82. The van der Waals surface area contributed by atoms with Gasteiger partial charge in [-0.2, -0.15) is 11.8 Å². The molecule has 0 saturated carbocycles. The maximum absolute atomic E-state index is 12.4. The summed E-state index contributed by atoms with van der Waals surface area (Å²) in [6, 6.07) is 3.35. The van der Waals surface area contributed by atoms with E-state index in [9.17, 15) is 4.79 Å². The maximum Gasteiger partial charge on any atom is 0.274 e. The summed E-state index contributed by atoms with van der Waals surface area (Å²) in [4.78, 5) is 18.5. The topological polar surface area (TPSA) is 42.4 Å². The lowest BCUT2D eigenvalue weighted by Gasteiger charge is -2.20. The molecule has 2 rings (SSSR count). The van der Waals surface area contributed by atoms with Gasteiger partial charge >= 0.3 is 0 Å². The second-order valence-electron chi connectivity index (χ2n) is 4.17. The van der Waals surface area contributed by atoms with Crippen LogP contribution < -0.4 is 4.74 Å². The summed E-state index contributed by atoms with van der Waals surface area (Å²) in [5.74, 6) is 2.41. The minimum Gasteiger partial charge on any atom is -0.478 e. The molecule has 6 heteroatoms. The number of halogens is 1. The molecule has 1 amide bonds. The van der Waals surface area contributed by atoms with Crippen LogP contribution >= 0.6 is 23.4 Å². The zero-order chi connectivity index (χ0) is 13.7. The number of aromatic nitrogens is 1. The first-order valence-electron chi connectivity index (χ1n) is 6.38. The van der Waals surface area contributed by atoms with E-state index in [0.29, 0.717) is 23.2 Å². The molecule has 1 aromatic heterocycles. The summed E-state index contributed by atoms with van der Waals surface area (Å²) in [6.07, 6.45) is 1.01. The molecular weight excluding hydrogens is 284 g/mol. The monoisotopic (exact) mass is 300 g/mol. The second-order valence-corrected chi connectivity index (χ2v) is 5.80. The van der Waals surface area contributed by atoms with Crippen LogP contribution in [-0.4, -0.2) is 47.0 Å². The number of rotatable bonds is 3. The Morgan fingerprint density at radius 2 is 2.32 bits per heavy atom. The summed E-state index contributed by atoms with van der Waals surface area (Å²) in [5.41, 5.74) is 0.291. The molecule has 0 aliphatic carbocycles. The van der Waals surface area contributed by atoms with E-state index in [1.807, 2.05) is 23.6 Å². The summed E-state index contributed by atoms with van der Waals surface area (Å²) < 4.78 is 5.32. The van der Waals surface area contributed by atoms with E-state index in [1.165, 1.54) is 0 Å². The van der Waals surface area contributed by atoms with Crippen molar-refractivity contribution in [2.24, 2.45) is 0 Å². The highest BCUT2D eigenvalue weighted by atomic mass is 35.5. The lowest BCUT2D eigenvalue weighted by atomic mass is 10.3. The van der Waals surface area contributed by atoms with E-state index < -0.39 is 0 Å². The molecule has 2 heterocycles. The van der Waals surface area contributed by atoms with Gasteiger partial charge in [0, 0.05) is 24.9 Å². The minimum atomic E-state index is -0.103. The molecule has 1 fully saturated rings. The highest BCUT2D eigenvalue weighted by molar-refractivity contribution is 7.99. The van der Waals surface area contributed by atoms with Gasteiger partial charge in [0.2, 0.25) is 5.88 Å². The van der Waals surface area contributed by atoms with Gasteiger partial charge in [-0.25, -0.2) is 4.98 Å². The summed E-state index contributed by atoms with van der Waals surface area (Å²) in [5, 5.41) is 0.380. The fourth-order valence-electron chi connectivity index (χ4n) is 1.90. The van der Waals surface area contributed by atoms with Crippen molar-refractivity contribution in [1.82, 2.24) is 9.88 Å². The summed E-state index contributed by atoms with van der Waals surface area (Å²) in [7, 11) is 0.